The van der Waals surface area contributed by atoms with Gasteiger partial charge in [-0.05, 0) is 34.6 Å². The Morgan fingerprint density at radius 2 is 1.48 bits per heavy atom. The molecule has 1 atom stereocenters. The zero-order valence-corrected chi connectivity index (χ0v) is 22.3. The SMILES string of the molecule is CC(C)C[C@H](NC(=O)OCC1c2ccccc2-c2ccccc21)C(=O)OCC[N+](C)(C)C.[I-]. The standard InChI is InChI=1S/C26H34N2O4.HI/c1-18(2)16-24(25(29)31-15-14-28(3,4)5)27-26(30)32-17-23-21-12-8-6-10-19(21)20-11-7-9-13-22(20)23;/h6-13,18,23-24H,14-17H2,1-5H3;1H/t24-;/m0./s1. The van der Waals surface area contributed by atoms with Crippen molar-refractivity contribution in [1.29, 1.82) is 0 Å². The lowest BCUT2D eigenvalue weighted by atomic mass is 9.98. The Bertz CT molecular complexity index is 910. The fourth-order valence-electron chi connectivity index (χ4n) is 3.99. The highest BCUT2D eigenvalue weighted by Crippen LogP contribution is 2.44. The lowest BCUT2D eigenvalue weighted by Gasteiger charge is -2.24. The molecular weight excluding hydrogens is 531 g/mol. The zero-order chi connectivity index (χ0) is 23.3. The van der Waals surface area contributed by atoms with Crippen LogP contribution < -0.4 is 29.3 Å². The highest BCUT2D eigenvalue weighted by molar-refractivity contribution is 5.82. The van der Waals surface area contributed by atoms with E-state index >= 15 is 0 Å². The van der Waals surface area contributed by atoms with E-state index < -0.39 is 18.1 Å². The van der Waals surface area contributed by atoms with Crippen LogP contribution in [0.4, 0.5) is 4.79 Å². The second-order valence-electron chi connectivity index (χ2n) is 9.83. The minimum atomic E-state index is -0.724. The fraction of sp³-hybridized carbons (Fsp3) is 0.462. The third-order valence-corrected chi connectivity index (χ3v) is 5.63. The third-order valence-electron chi connectivity index (χ3n) is 5.63. The number of carbonyl (C=O) groups is 2. The first-order valence-corrected chi connectivity index (χ1v) is 11.2. The molecule has 1 amide bonds. The Kier molecular flexibility index (Phi) is 9.72. The lowest BCUT2D eigenvalue weighted by Crippen LogP contribution is -3.00. The van der Waals surface area contributed by atoms with Crippen LogP contribution in [-0.4, -0.2) is 63.5 Å². The van der Waals surface area contributed by atoms with Gasteiger partial charge in [0, 0.05) is 5.92 Å². The number of likely N-dealkylation sites (N-methyl/N-ethyl adjacent to an activating group) is 1. The average molecular weight is 566 g/mol. The van der Waals surface area contributed by atoms with Crippen molar-refractivity contribution in [2.75, 3.05) is 40.9 Å². The monoisotopic (exact) mass is 566 g/mol. The summed E-state index contributed by atoms with van der Waals surface area (Å²) in [7, 11) is 6.11. The van der Waals surface area contributed by atoms with E-state index in [4.69, 9.17) is 9.47 Å². The number of hydrogen-bond acceptors (Lipinski definition) is 4. The number of amides is 1. The molecule has 0 radical (unpaired) electrons. The minimum Gasteiger partial charge on any atom is -1.00 e. The smallest absolute Gasteiger partial charge is 0.407 e. The average Bonchev–Trinajstić information content (AvgIpc) is 3.04. The van der Waals surface area contributed by atoms with E-state index in [-0.39, 0.29) is 42.4 Å². The molecule has 180 valence electrons. The maximum Gasteiger partial charge on any atom is 0.407 e. The largest absolute Gasteiger partial charge is 1.00 e. The molecular formula is C26H35IN2O4. The van der Waals surface area contributed by atoms with E-state index in [2.05, 4.69) is 29.6 Å². The summed E-state index contributed by atoms with van der Waals surface area (Å²) in [5.74, 6) is -0.214. The molecule has 0 heterocycles. The number of alkyl carbamates (subject to hydrolysis) is 1. The van der Waals surface area contributed by atoms with Gasteiger partial charge >= 0.3 is 12.1 Å². The van der Waals surface area contributed by atoms with Crippen LogP contribution in [0.3, 0.4) is 0 Å². The van der Waals surface area contributed by atoms with Crippen LogP contribution in [-0.2, 0) is 14.3 Å². The quantitative estimate of drug-likeness (QED) is 0.282. The molecule has 0 aromatic heterocycles. The van der Waals surface area contributed by atoms with Crippen LogP contribution >= 0.6 is 0 Å². The molecule has 0 saturated heterocycles. The number of halogens is 1. The van der Waals surface area contributed by atoms with Crippen LogP contribution in [0.25, 0.3) is 11.1 Å². The van der Waals surface area contributed by atoms with Gasteiger partial charge in [-0.15, -0.1) is 0 Å². The molecule has 0 bridgehead atoms. The van der Waals surface area contributed by atoms with Crippen molar-refractivity contribution in [3.63, 3.8) is 0 Å². The summed E-state index contributed by atoms with van der Waals surface area (Å²) in [4.78, 5) is 25.2. The summed E-state index contributed by atoms with van der Waals surface area (Å²) < 4.78 is 11.7. The van der Waals surface area contributed by atoms with Gasteiger partial charge in [-0.3, -0.25) is 0 Å². The maximum absolute atomic E-state index is 12.6. The first-order chi connectivity index (χ1) is 15.2. The van der Waals surface area contributed by atoms with Crippen LogP contribution in [0.15, 0.2) is 48.5 Å². The van der Waals surface area contributed by atoms with E-state index in [1.807, 2.05) is 59.3 Å². The van der Waals surface area contributed by atoms with E-state index in [0.717, 1.165) is 11.1 Å². The van der Waals surface area contributed by atoms with Gasteiger partial charge in [0.05, 0.1) is 21.1 Å². The van der Waals surface area contributed by atoms with Crippen molar-refractivity contribution in [2.45, 2.75) is 32.2 Å². The van der Waals surface area contributed by atoms with Crippen molar-refractivity contribution >= 4 is 12.1 Å². The summed E-state index contributed by atoms with van der Waals surface area (Å²) in [5, 5.41) is 2.73. The van der Waals surface area contributed by atoms with Gasteiger partial charge in [-0.1, -0.05) is 62.4 Å². The number of esters is 1. The number of fused-ring (bicyclic) bond motifs is 3. The van der Waals surface area contributed by atoms with Crippen LogP contribution in [0.5, 0.6) is 0 Å². The molecule has 0 aliphatic heterocycles. The highest BCUT2D eigenvalue weighted by atomic mass is 127. The maximum atomic E-state index is 12.6. The molecule has 7 heteroatoms. The topological polar surface area (TPSA) is 64.6 Å². The Balaban J connectivity index is 0.00000385. The Hall–Kier alpha value is -2.13. The van der Waals surface area contributed by atoms with Crippen LogP contribution in [0.2, 0.25) is 0 Å². The number of benzene rings is 2. The van der Waals surface area contributed by atoms with Gasteiger partial charge in [-0.2, -0.15) is 0 Å². The van der Waals surface area contributed by atoms with Crippen molar-refractivity contribution in [2.24, 2.45) is 5.92 Å². The second-order valence-corrected chi connectivity index (χ2v) is 9.83. The normalized spacial score (nSPS) is 13.5. The molecule has 1 N–H and O–H groups in total. The zero-order valence-electron chi connectivity index (χ0n) is 20.1. The van der Waals surface area contributed by atoms with Crippen molar-refractivity contribution in [3.8, 4) is 11.1 Å². The summed E-state index contributed by atoms with van der Waals surface area (Å²) in [5.41, 5.74) is 4.66. The van der Waals surface area contributed by atoms with E-state index in [1.165, 1.54) is 11.1 Å². The van der Waals surface area contributed by atoms with Gasteiger partial charge in [0.25, 0.3) is 0 Å². The summed E-state index contributed by atoms with van der Waals surface area (Å²) in [6.07, 6.45) is -0.103. The molecule has 2 aromatic rings. The van der Waals surface area contributed by atoms with Gasteiger partial charge in [0.1, 0.15) is 25.8 Å². The Morgan fingerprint density at radius 1 is 0.939 bits per heavy atom. The number of nitrogens with one attached hydrogen (secondary N) is 1. The van der Waals surface area contributed by atoms with Gasteiger partial charge in [-0.25, -0.2) is 9.59 Å². The van der Waals surface area contributed by atoms with Gasteiger partial charge in [0.2, 0.25) is 0 Å². The van der Waals surface area contributed by atoms with Crippen LogP contribution in [0, 0.1) is 5.92 Å². The van der Waals surface area contributed by atoms with Crippen LogP contribution in [0.1, 0.15) is 37.3 Å². The number of rotatable bonds is 9. The van der Waals surface area contributed by atoms with Crippen molar-refractivity contribution < 1.29 is 47.5 Å². The number of carbonyl (C=O) groups excluding carboxylic acids is 2. The number of nitrogens with zero attached hydrogens (tertiary/aromatic N) is 1. The molecule has 0 spiro atoms. The fourth-order valence-corrected chi connectivity index (χ4v) is 3.99. The summed E-state index contributed by atoms with van der Waals surface area (Å²) >= 11 is 0. The Labute approximate surface area is 214 Å². The predicted molar refractivity (Wildman–Crippen MR) is 125 cm³/mol. The first kappa shape index (κ1) is 27.1. The number of hydrogen-bond donors (Lipinski definition) is 1. The summed E-state index contributed by atoms with van der Waals surface area (Å²) in [6, 6.07) is 15.7. The molecule has 3 rings (SSSR count). The number of ether oxygens (including phenoxy) is 2. The summed E-state index contributed by atoms with van der Waals surface area (Å²) in [6.45, 7) is 5.23. The third kappa shape index (κ3) is 7.43. The van der Waals surface area contributed by atoms with E-state index in [1.54, 1.807) is 0 Å². The molecule has 0 saturated carbocycles. The molecule has 2 aromatic carbocycles. The van der Waals surface area contributed by atoms with Crippen molar-refractivity contribution in [3.05, 3.63) is 59.7 Å². The van der Waals surface area contributed by atoms with Crippen molar-refractivity contribution in [1.82, 2.24) is 5.32 Å². The lowest BCUT2D eigenvalue weighted by molar-refractivity contribution is -0.870. The Morgan fingerprint density at radius 3 is 2.00 bits per heavy atom. The van der Waals surface area contributed by atoms with Gasteiger partial charge < -0.3 is 43.3 Å². The van der Waals surface area contributed by atoms with E-state index in [9.17, 15) is 9.59 Å². The molecule has 0 fully saturated rings. The molecule has 6 nitrogen and oxygen atoms in total. The molecule has 0 unspecified atom stereocenters. The second kappa shape index (κ2) is 11.8. The highest BCUT2D eigenvalue weighted by Gasteiger charge is 2.30. The molecule has 1 aliphatic carbocycles. The first-order valence-electron chi connectivity index (χ1n) is 11.2. The molecule has 1 aliphatic rings. The van der Waals surface area contributed by atoms with Gasteiger partial charge in [0.15, 0.2) is 0 Å². The minimum absolute atomic E-state index is 0. The number of quaternary nitrogens is 1. The molecule has 33 heavy (non-hydrogen) atoms. The van der Waals surface area contributed by atoms with E-state index in [0.29, 0.717) is 24.1 Å². The predicted octanol–water partition coefficient (Wildman–Crippen LogP) is 1.19.